The monoisotopic (exact) mass is 175 g/mol. The fourth-order valence-corrected chi connectivity index (χ4v) is 0. The molecule has 0 bridgehead atoms. The van der Waals surface area contributed by atoms with Crippen molar-refractivity contribution < 1.29 is 19.5 Å². The SMILES string of the molecule is [CH2-]N(C)C.[CH3-].[Ru+2]. The molecule has 0 spiro atoms. The van der Waals surface area contributed by atoms with Crippen LogP contribution in [0, 0.1) is 14.5 Å². The average Bonchev–Trinajstić information content (AvgIpc) is 0.811. The van der Waals surface area contributed by atoms with Crippen LogP contribution in [-0.2, 0) is 19.5 Å². The quantitative estimate of drug-likeness (QED) is 0.387. The summed E-state index contributed by atoms with van der Waals surface area (Å²) in [5.41, 5.74) is 0. The predicted octanol–water partition coefficient (Wildman–Crippen LogP) is 0.787. The summed E-state index contributed by atoms with van der Waals surface area (Å²) in [5.74, 6) is 0. The minimum atomic E-state index is 0. The molecule has 2 heteroatoms. The zero-order valence-electron chi connectivity index (χ0n) is 4.51. The molecule has 0 saturated heterocycles. The van der Waals surface area contributed by atoms with Gasteiger partial charge in [0.2, 0.25) is 0 Å². The van der Waals surface area contributed by atoms with E-state index < -0.39 is 0 Å². The van der Waals surface area contributed by atoms with Crippen LogP contribution in [0.15, 0.2) is 0 Å². The first-order valence-corrected chi connectivity index (χ1v) is 1.21. The van der Waals surface area contributed by atoms with E-state index in [1.165, 1.54) is 0 Å². The summed E-state index contributed by atoms with van der Waals surface area (Å²) in [7, 11) is 7.25. The molecule has 0 amide bonds. The Morgan fingerprint density at radius 3 is 1.33 bits per heavy atom. The van der Waals surface area contributed by atoms with Gasteiger partial charge in [-0.05, 0) is 14.1 Å². The summed E-state index contributed by atoms with van der Waals surface area (Å²) < 4.78 is 0. The van der Waals surface area contributed by atoms with Gasteiger partial charge in [0.15, 0.2) is 0 Å². The van der Waals surface area contributed by atoms with Gasteiger partial charge >= 0.3 is 19.5 Å². The maximum atomic E-state index is 3.47. The molecule has 0 saturated carbocycles. The van der Waals surface area contributed by atoms with Crippen molar-refractivity contribution >= 4 is 0 Å². The predicted molar refractivity (Wildman–Crippen MR) is 25.5 cm³/mol. The molecule has 0 rings (SSSR count). The summed E-state index contributed by atoms with van der Waals surface area (Å²) >= 11 is 0. The molecule has 0 aliphatic carbocycles. The van der Waals surface area contributed by atoms with Crippen LogP contribution < -0.4 is 0 Å². The molecule has 0 unspecified atom stereocenters. The number of hydrogen-bond donors (Lipinski definition) is 0. The third-order valence-electron chi connectivity index (χ3n) is 0. The van der Waals surface area contributed by atoms with Gasteiger partial charge < -0.3 is 12.3 Å². The maximum absolute atomic E-state index is 3.47. The minimum Gasteiger partial charge on any atom is -0.464 e. The molecule has 0 aromatic heterocycles. The second-order valence-electron chi connectivity index (χ2n) is 1.08. The number of rotatable bonds is 0. The topological polar surface area (TPSA) is 3.24 Å². The molecular formula is C4H11NRu. The molecule has 0 N–H and O–H groups in total. The fraction of sp³-hybridized carbons (Fsp3) is 0.500. The van der Waals surface area contributed by atoms with Gasteiger partial charge in [0, 0.05) is 0 Å². The van der Waals surface area contributed by atoms with Gasteiger partial charge in [0.25, 0.3) is 0 Å². The van der Waals surface area contributed by atoms with Gasteiger partial charge in [-0.15, -0.1) is 0 Å². The standard InChI is InChI=1S/C3H8N.CH3.Ru/c1-4(2)3;;/h1H2,2-3H3;1H3;/q2*-1;+2. The van der Waals surface area contributed by atoms with Crippen LogP contribution in [0.2, 0.25) is 0 Å². The van der Waals surface area contributed by atoms with Crippen molar-refractivity contribution in [2.45, 2.75) is 0 Å². The molecule has 6 heavy (non-hydrogen) atoms. The second-order valence-corrected chi connectivity index (χ2v) is 1.08. The Labute approximate surface area is 53.5 Å². The van der Waals surface area contributed by atoms with E-state index in [1.807, 2.05) is 14.1 Å². The van der Waals surface area contributed by atoms with E-state index in [4.69, 9.17) is 0 Å². The van der Waals surface area contributed by atoms with E-state index in [9.17, 15) is 0 Å². The van der Waals surface area contributed by atoms with Crippen molar-refractivity contribution in [1.82, 2.24) is 4.90 Å². The molecule has 0 aromatic rings. The molecule has 0 fully saturated rings. The van der Waals surface area contributed by atoms with E-state index in [0.717, 1.165) is 0 Å². The third kappa shape index (κ3) is 173. The van der Waals surface area contributed by atoms with Crippen LogP contribution >= 0.6 is 0 Å². The van der Waals surface area contributed by atoms with Crippen molar-refractivity contribution in [3.8, 4) is 0 Å². The summed E-state index contributed by atoms with van der Waals surface area (Å²) in [4.78, 5) is 1.75. The largest absolute Gasteiger partial charge is 2.00 e. The first-order chi connectivity index (χ1) is 1.73. The van der Waals surface area contributed by atoms with E-state index >= 15 is 0 Å². The molecule has 0 atom stereocenters. The zero-order valence-corrected chi connectivity index (χ0v) is 6.25. The molecule has 0 aliphatic rings. The average molecular weight is 174 g/mol. The molecule has 0 aromatic carbocycles. The number of nitrogens with zero attached hydrogens (tertiary/aromatic N) is 1. The maximum Gasteiger partial charge on any atom is 2.00 e. The van der Waals surface area contributed by atoms with Crippen molar-refractivity contribution in [3.05, 3.63) is 14.5 Å². The van der Waals surface area contributed by atoms with Crippen LogP contribution in [0.25, 0.3) is 0 Å². The van der Waals surface area contributed by atoms with Crippen molar-refractivity contribution in [3.63, 3.8) is 0 Å². The van der Waals surface area contributed by atoms with Crippen molar-refractivity contribution in [1.29, 1.82) is 0 Å². The van der Waals surface area contributed by atoms with Gasteiger partial charge in [-0.1, -0.05) is 0 Å². The molecule has 0 heterocycles. The Morgan fingerprint density at radius 1 is 1.33 bits per heavy atom. The van der Waals surface area contributed by atoms with E-state index in [0.29, 0.717) is 0 Å². The summed E-state index contributed by atoms with van der Waals surface area (Å²) in [6.07, 6.45) is 0. The van der Waals surface area contributed by atoms with Gasteiger partial charge in [-0.25, -0.2) is 0 Å². The van der Waals surface area contributed by atoms with Crippen LogP contribution in [0.5, 0.6) is 0 Å². The Hall–Kier alpha value is 0.583. The first-order valence-electron chi connectivity index (χ1n) is 1.21. The summed E-state index contributed by atoms with van der Waals surface area (Å²) in [6, 6.07) is 0. The Kier molecular flexibility index (Phi) is 24.3. The van der Waals surface area contributed by atoms with Crippen molar-refractivity contribution in [2.75, 3.05) is 14.1 Å². The van der Waals surface area contributed by atoms with Gasteiger partial charge in [-0.3, -0.25) is 7.05 Å². The summed E-state index contributed by atoms with van der Waals surface area (Å²) in [6.45, 7) is 0. The first kappa shape index (κ1) is 16.0. The van der Waals surface area contributed by atoms with Crippen LogP contribution in [0.4, 0.5) is 0 Å². The Balaban J connectivity index is -0.0000000450. The fourth-order valence-electron chi connectivity index (χ4n) is 0. The molecular weight excluding hydrogens is 163 g/mol. The number of hydrogen-bond acceptors (Lipinski definition) is 1. The zero-order chi connectivity index (χ0) is 3.58. The smallest absolute Gasteiger partial charge is 0.464 e. The van der Waals surface area contributed by atoms with Gasteiger partial charge in [-0.2, -0.15) is 0 Å². The van der Waals surface area contributed by atoms with Gasteiger partial charge in [0.1, 0.15) is 0 Å². The van der Waals surface area contributed by atoms with E-state index in [1.54, 1.807) is 4.90 Å². The summed E-state index contributed by atoms with van der Waals surface area (Å²) in [5, 5.41) is 0. The molecule has 40 valence electrons. The minimum absolute atomic E-state index is 0. The normalized spacial score (nSPS) is 6.00. The molecule has 1 nitrogen and oxygen atoms in total. The Morgan fingerprint density at radius 2 is 1.33 bits per heavy atom. The van der Waals surface area contributed by atoms with Crippen LogP contribution in [0.1, 0.15) is 0 Å². The van der Waals surface area contributed by atoms with Crippen molar-refractivity contribution in [2.24, 2.45) is 0 Å². The third-order valence-corrected chi connectivity index (χ3v) is 0. The molecule has 0 aliphatic heterocycles. The molecule has 0 radical (unpaired) electrons. The Bertz CT molecular complexity index is 12.3. The van der Waals surface area contributed by atoms with Gasteiger partial charge in [0.05, 0.1) is 0 Å². The second kappa shape index (κ2) is 9.13. The van der Waals surface area contributed by atoms with Crippen LogP contribution in [0.3, 0.4) is 0 Å². The van der Waals surface area contributed by atoms with Crippen LogP contribution in [-0.4, -0.2) is 19.0 Å². The van der Waals surface area contributed by atoms with E-state index in [-0.39, 0.29) is 26.9 Å². The van der Waals surface area contributed by atoms with E-state index in [2.05, 4.69) is 7.05 Å².